The van der Waals surface area contributed by atoms with E-state index in [0.717, 1.165) is 6.42 Å². The molecule has 0 saturated heterocycles. The molecular weight excluding hydrogens is 238 g/mol. The lowest BCUT2D eigenvalue weighted by Gasteiger charge is -2.59. The molecule has 0 N–H and O–H groups in total. The first-order valence-electron chi connectivity index (χ1n) is 6.78. The first kappa shape index (κ1) is 12.2. The standard InChI is InChI=1S/C16H17NO2/c1-19-15(18)12-5-3-11(4-6-12)14-13(10-17)9-16(14)7-2-8-16/h3-6,13-14H,2,7-9H2,1H3. The topological polar surface area (TPSA) is 50.1 Å². The number of esters is 1. The summed E-state index contributed by atoms with van der Waals surface area (Å²) in [6, 6.07) is 10.0. The Bertz CT molecular complexity index is 537. The number of rotatable bonds is 2. The third kappa shape index (κ3) is 1.74. The van der Waals surface area contributed by atoms with Crippen LogP contribution >= 0.6 is 0 Å². The number of methoxy groups -OCH3 is 1. The summed E-state index contributed by atoms with van der Waals surface area (Å²) in [7, 11) is 1.39. The molecule has 3 heteroatoms. The van der Waals surface area contributed by atoms with Crippen LogP contribution in [-0.2, 0) is 4.74 Å². The second-order valence-corrected chi connectivity index (χ2v) is 5.75. The van der Waals surface area contributed by atoms with Gasteiger partial charge in [-0.2, -0.15) is 5.26 Å². The van der Waals surface area contributed by atoms with Gasteiger partial charge in [0.2, 0.25) is 0 Å². The van der Waals surface area contributed by atoms with Crippen molar-refractivity contribution in [3.05, 3.63) is 35.4 Å². The molecule has 0 bridgehead atoms. The molecule has 2 aliphatic rings. The average Bonchev–Trinajstić information content (AvgIpc) is 2.36. The minimum absolute atomic E-state index is 0.143. The minimum atomic E-state index is -0.310. The molecule has 0 amide bonds. The number of carbonyl (C=O) groups excluding carboxylic acids is 1. The van der Waals surface area contributed by atoms with Crippen LogP contribution in [0.5, 0.6) is 0 Å². The number of benzene rings is 1. The molecule has 0 aromatic heterocycles. The Morgan fingerprint density at radius 2 is 2.05 bits per heavy atom. The molecule has 19 heavy (non-hydrogen) atoms. The van der Waals surface area contributed by atoms with Crippen LogP contribution in [0.3, 0.4) is 0 Å². The minimum Gasteiger partial charge on any atom is -0.465 e. The van der Waals surface area contributed by atoms with Gasteiger partial charge in [0.15, 0.2) is 0 Å². The lowest BCUT2D eigenvalue weighted by molar-refractivity contribution is -0.0353. The largest absolute Gasteiger partial charge is 0.465 e. The summed E-state index contributed by atoms with van der Waals surface area (Å²) in [4.78, 5) is 11.4. The molecule has 1 spiro atoms. The van der Waals surface area contributed by atoms with E-state index in [1.807, 2.05) is 12.1 Å². The quantitative estimate of drug-likeness (QED) is 0.762. The highest BCUT2D eigenvalue weighted by atomic mass is 16.5. The molecule has 2 unspecified atom stereocenters. The van der Waals surface area contributed by atoms with E-state index in [0.29, 0.717) is 16.9 Å². The molecule has 2 atom stereocenters. The third-order valence-electron chi connectivity index (χ3n) is 4.89. The van der Waals surface area contributed by atoms with Crippen molar-refractivity contribution in [2.75, 3.05) is 7.11 Å². The third-order valence-corrected chi connectivity index (χ3v) is 4.89. The maximum absolute atomic E-state index is 11.4. The number of hydrogen-bond acceptors (Lipinski definition) is 3. The van der Waals surface area contributed by atoms with Gasteiger partial charge >= 0.3 is 5.97 Å². The Morgan fingerprint density at radius 1 is 1.37 bits per heavy atom. The van der Waals surface area contributed by atoms with Gasteiger partial charge in [-0.3, -0.25) is 0 Å². The van der Waals surface area contributed by atoms with Gasteiger partial charge in [0.05, 0.1) is 24.7 Å². The van der Waals surface area contributed by atoms with Crippen LogP contribution in [0.25, 0.3) is 0 Å². The van der Waals surface area contributed by atoms with Crippen molar-refractivity contribution in [2.45, 2.75) is 31.6 Å². The molecule has 2 saturated carbocycles. The molecule has 0 heterocycles. The number of ether oxygens (including phenoxy) is 1. The van der Waals surface area contributed by atoms with Crippen LogP contribution in [0.1, 0.15) is 47.5 Å². The lowest BCUT2D eigenvalue weighted by Crippen LogP contribution is -2.50. The average molecular weight is 255 g/mol. The first-order valence-corrected chi connectivity index (χ1v) is 6.78. The van der Waals surface area contributed by atoms with Crippen molar-refractivity contribution >= 4 is 5.97 Å². The molecule has 3 nitrogen and oxygen atoms in total. The molecule has 0 aliphatic heterocycles. The lowest BCUT2D eigenvalue weighted by atomic mass is 9.44. The number of carbonyl (C=O) groups is 1. The Balaban J connectivity index is 1.85. The zero-order valence-electron chi connectivity index (χ0n) is 11.1. The summed E-state index contributed by atoms with van der Waals surface area (Å²) in [5, 5.41) is 9.23. The second kappa shape index (κ2) is 4.38. The van der Waals surface area contributed by atoms with Crippen molar-refractivity contribution in [1.82, 2.24) is 0 Å². The number of hydrogen-bond donors (Lipinski definition) is 0. The van der Waals surface area contributed by atoms with Crippen molar-refractivity contribution in [3.8, 4) is 6.07 Å². The van der Waals surface area contributed by atoms with Gasteiger partial charge in [-0.15, -0.1) is 0 Å². The fourth-order valence-electron chi connectivity index (χ4n) is 3.75. The van der Waals surface area contributed by atoms with Crippen LogP contribution in [0.4, 0.5) is 0 Å². The van der Waals surface area contributed by atoms with E-state index in [4.69, 9.17) is 4.74 Å². The highest BCUT2D eigenvalue weighted by molar-refractivity contribution is 5.89. The zero-order valence-corrected chi connectivity index (χ0v) is 11.1. The Labute approximate surface area is 113 Å². The van der Waals surface area contributed by atoms with Crippen LogP contribution in [-0.4, -0.2) is 13.1 Å². The Hall–Kier alpha value is -1.82. The van der Waals surface area contributed by atoms with Crippen molar-refractivity contribution in [2.24, 2.45) is 11.3 Å². The molecule has 1 aromatic rings. The van der Waals surface area contributed by atoms with Gasteiger partial charge in [-0.1, -0.05) is 18.6 Å². The first-order chi connectivity index (χ1) is 9.20. The van der Waals surface area contributed by atoms with Gasteiger partial charge in [-0.25, -0.2) is 4.79 Å². The monoisotopic (exact) mass is 255 g/mol. The summed E-state index contributed by atoms with van der Waals surface area (Å²) < 4.78 is 4.70. The highest BCUT2D eigenvalue weighted by Crippen LogP contribution is 2.66. The van der Waals surface area contributed by atoms with Gasteiger partial charge in [-0.05, 0) is 42.4 Å². The zero-order chi connectivity index (χ0) is 13.5. The summed E-state index contributed by atoms with van der Waals surface area (Å²) in [6.45, 7) is 0. The Kier molecular flexibility index (Phi) is 2.82. The van der Waals surface area contributed by atoms with Crippen molar-refractivity contribution < 1.29 is 9.53 Å². The fourth-order valence-corrected chi connectivity index (χ4v) is 3.75. The molecule has 1 aromatic carbocycles. The summed E-state index contributed by atoms with van der Waals surface area (Å²) in [5.74, 6) is 0.192. The second-order valence-electron chi connectivity index (χ2n) is 5.75. The van der Waals surface area contributed by atoms with Gasteiger partial charge in [0.25, 0.3) is 0 Å². The predicted octanol–water partition coefficient (Wildman–Crippen LogP) is 3.27. The van der Waals surface area contributed by atoms with Gasteiger partial charge < -0.3 is 4.74 Å². The summed E-state index contributed by atoms with van der Waals surface area (Å²) in [6.07, 6.45) is 4.82. The van der Waals surface area contributed by atoms with Gasteiger partial charge in [0, 0.05) is 5.92 Å². The molecule has 3 rings (SSSR count). The van der Waals surface area contributed by atoms with E-state index in [9.17, 15) is 10.1 Å². The van der Waals surface area contributed by atoms with E-state index in [1.54, 1.807) is 12.1 Å². The number of nitrogens with zero attached hydrogens (tertiary/aromatic N) is 1. The molecular formula is C16H17NO2. The Morgan fingerprint density at radius 3 is 2.53 bits per heavy atom. The summed E-state index contributed by atoms with van der Waals surface area (Å²) >= 11 is 0. The van der Waals surface area contributed by atoms with Gasteiger partial charge in [0.1, 0.15) is 0 Å². The van der Waals surface area contributed by atoms with E-state index in [2.05, 4.69) is 6.07 Å². The van der Waals surface area contributed by atoms with Crippen molar-refractivity contribution in [1.29, 1.82) is 5.26 Å². The van der Waals surface area contributed by atoms with E-state index < -0.39 is 0 Å². The fraction of sp³-hybridized carbons (Fsp3) is 0.500. The molecule has 98 valence electrons. The van der Waals surface area contributed by atoms with E-state index >= 15 is 0 Å². The predicted molar refractivity (Wildman–Crippen MR) is 70.5 cm³/mol. The van der Waals surface area contributed by atoms with Crippen LogP contribution in [0.2, 0.25) is 0 Å². The normalized spacial score (nSPS) is 26.9. The van der Waals surface area contributed by atoms with Crippen LogP contribution in [0, 0.1) is 22.7 Å². The summed E-state index contributed by atoms with van der Waals surface area (Å²) in [5.41, 5.74) is 2.15. The van der Waals surface area contributed by atoms with Crippen molar-refractivity contribution in [3.63, 3.8) is 0 Å². The van der Waals surface area contributed by atoms with Crippen LogP contribution in [0.15, 0.2) is 24.3 Å². The number of nitriles is 1. The van der Waals surface area contributed by atoms with Crippen LogP contribution < -0.4 is 0 Å². The molecule has 2 aliphatic carbocycles. The van der Waals surface area contributed by atoms with E-state index in [-0.39, 0.29) is 11.9 Å². The van der Waals surface area contributed by atoms with E-state index in [1.165, 1.54) is 31.9 Å². The maximum atomic E-state index is 11.4. The molecule has 0 radical (unpaired) electrons. The smallest absolute Gasteiger partial charge is 0.337 e. The SMILES string of the molecule is COC(=O)c1ccc(C2C(C#N)CC23CCC3)cc1. The molecule has 2 fully saturated rings. The maximum Gasteiger partial charge on any atom is 0.337 e. The highest BCUT2D eigenvalue weighted by Gasteiger charge is 2.57.